The van der Waals surface area contributed by atoms with Gasteiger partial charge >= 0.3 is 0 Å². The van der Waals surface area contributed by atoms with Crippen LogP contribution in [0, 0.1) is 11.6 Å². The summed E-state index contributed by atoms with van der Waals surface area (Å²) in [5, 5.41) is 2.60. The molecule has 0 spiro atoms. The lowest BCUT2D eigenvalue weighted by molar-refractivity contribution is -0.116. The molecule has 0 heterocycles. The molecule has 0 bridgehead atoms. The van der Waals surface area contributed by atoms with Crippen molar-refractivity contribution < 1.29 is 13.6 Å². The molecule has 0 aliphatic carbocycles. The predicted octanol–water partition coefficient (Wildman–Crippen LogP) is 2.20. The van der Waals surface area contributed by atoms with Crippen LogP contribution in [0.3, 0.4) is 0 Å². The van der Waals surface area contributed by atoms with Crippen LogP contribution in [0.15, 0.2) is 30.4 Å². The average molecular weight is 225 g/mol. The van der Waals surface area contributed by atoms with Crippen molar-refractivity contribution in [2.45, 2.75) is 13.3 Å². The van der Waals surface area contributed by atoms with Crippen LogP contribution >= 0.6 is 0 Å². The fourth-order valence-corrected chi connectivity index (χ4v) is 1.30. The first-order chi connectivity index (χ1) is 7.61. The lowest BCUT2D eigenvalue weighted by atomic mass is 10.1. The molecule has 0 fully saturated rings. The van der Waals surface area contributed by atoms with Gasteiger partial charge in [0.1, 0.15) is 11.6 Å². The summed E-state index contributed by atoms with van der Waals surface area (Å²) in [6, 6.07) is 3.33. The second-order valence-corrected chi connectivity index (χ2v) is 3.32. The first-order valence-electron chi connectivity index (χ1n) is 4.97. The Hall–Kier alpha value is -1.71. The maximum Gasteiger partial charge on any atom is 0.243 e. The standard InChI is InChI=1S/C12H13F2NO/c1-2-3-12(16)15-5-4-9-6-10(13)8-11(14)7-9/h2-3,6-8H,4-5H2,1H3,(H,15,16). The average Bonchev–Trinajstić information content (AvgIpc) is 2.16. The number of hydrogen-bond donors (Lipinski definition) is 1. The maximum atomic E-state index is 12.8. The van der Waals surface area contributed by atoms with Crippen molar-refractivity contribution in [3.8, 4) is 0 Å². The molecule has 1 amide bonds. The number of nitrogens with one attached hydrogen (secondary N) is 1. The van der Waals surface area contributed by atoms with Gasteiger partial charge in [0, 0.05) is 12.6 Å². The summed E-state index contributed by atoms with van der Waals surface area (Å²) < 4.78 is 25.6. The van der Waals surface area contributed by atoms with Gasteiger partial charge in [-0.3, -0.25) is 4.79 Å². The second kappa shape index (κ2) is 6.00. The summed E-state index contributed by atoms with van der Waals surface area (Å²) in [5.74, 6) is -1.41. The Morgan fingerprint density at radius 3 is 2.50 bits per heavy atom. The van der Waals surface area contributed by atoms with E-state index in [0.29, 0.717) is 18.5 Å². The summed E-state index contributed by atoms with van der Waals surface area (Å²) in [6.45, 7) is 2.09. The van der Waals surface area contributed by atoms with E-state index in [1.807, 2.05) is 0 Å². The molecule has 86 valence electrons. The van der Waals surface area contributed by atoms with Crippen LogP contribution in [0.4, 0.5) is 8.78 Å². The van der Waals surface area contributed by atoms with Gasteiger partial charge in [0.15, 0.2) is 0 Å². The zero-order valence-electron chi connectivity index (χ0n) is 8.97. The Bertz CT molecular complexity index is 382. The number of halogens is 2. The van der Waals surface area contributed by atoms with Gasteiger partial charge in [-0.05, 0) is 37.1 Å². The summed E-state index contributed by atoms with van der Waals surface area (Å²) >= 11 is 0. The summed E-state index contributed by atoms with van der Waals surface area (Å²) in [7, 11) is 0. The van der Waals surface area contributed by atoms with Crippen LogP contribution in [0.1, 0.15) is 12.5 Å². The molecular weight excluding hydrogens is 212 g/mol. The topological polar surface area (TPSA) is 29.1 Å². The molecule has 16 heavy (non-hydrogen) atoms. The molecule has 0 saturated carbocycles. The molecule has 0 saturated heterocycles. The predicted molar refractivity (Wildman–Crippen MR) is 57.9 cm³/mol. The van der Waals surface area contributed by atoms with E-state index in [-0.39, 0.29) is 5.91 Å². The van der Waals surface area contributed by atoms with Gasteiger partial charge in [-0.15, -0.1) is 0 Å². The SMILES string of the molecule is CC=CC(=O)NCCc1cc(F)cc(F)c1. The molecular formula is C12H13F2NO. The van der Waals surface area contributed by atoms with Gasteiger partial charge in [0.05, 0.1) is 0 Å². The molecule has 1 aromatic rings. The van der Waals surface area contributed by atoms with Crippen molar-refractivity contribution >= 4 is 5.91 Å². The fraction of sp³-hybridized carbons (Fsp3) is 0.250. The zero-order valence-corrected chi connectivity index (χ0v) is 8.97. The zero-order chi connectivity index (χ0) is 12.0. The van der Waals surface area contributed by atoms with E-state index >= 15 is 0 Å². The van der Waals surface area contributed by atoms with Crippen molar-refractivity contribution in [3.63, 3.8) is 0 Å². The van der Waals surface area contributed by atoms with Gasteiger partial charge in [-0.1, -0.05) is 6.08 Å². The van der Waals surface area contributed by atoms with Crippen LogP contribution in [-0.2, 0) is 11.2 Å². The second-order valence-electron chi connectivity index (χ2n) is 3.32. The highest BCUT2D eigenvalue weighted by atomic mass is 19.1. The van der Waals surface area contributed by atoms with Crippen LogP contribution in [-0.4, -0.2) is 12.5 Å². The molecule has 0 radical (unpaired) electrons. The minimum Gasteiger partial charge on any atom is -0.352 e. The Labute approximate surface area is 93.0 Å². The molecule has 0 aliphatic rings. The van der Waals surface area contributed by atoms with Crippen molar-refractivity contribution in [3.05, 3.63) is 47.5 Å². The molecule has 1 rings (SSSR count). The van der Waals surface area contributed by atoms with Gasteiger partial charge in [0.2, 0.25) is 5.91 Å². The van der Waals surface area contributed by atoms with Crippen LogP contribution < -0.4 is 5.32 Å². The van der Waals surface area contributed by atoms with E-state index in [9.17, 15) is 13.6 Å². The molecule has 0 atom stereocenters. The van der Waals surface area contributed by atoms with Crippen LogP contribution in [0.25, 0.3) is 0 Å². The summed E-state index contributed by atoms with van der Waals surface area (Å²) in [5.41, 5.74) is 0.526. The molecule has 0 aliphatic heterocycles. The minimum atomic E-state index is -0.602. The first-order valence-corrected chi connectivity index (χ1v) is 4.97. The van der Waals surface area contributed by atoms with Crippen molar-refractivity contribution in [2.24, 2.45) is 0 Å². The number of rotatable bonds is 4. The number of hydrogen-bond acceptors (Lipinski definition) is 1. The number of benzene rings is 1. The van der Waals surface area contributed by atoms with Crippen LogP contribution in [0.2, 0.25) is 0 Å². The highest BCUT2D eigenvalue weighted by Gasteiger charge is 2.01. The third-order valence-corrected chi connectivity index (χ3v) is 1.95. The normalized spacial score (nSPS) is 10.7. The fourth-order valence-electron chi connectivity index (χ4n) is 1.30. The number of amides is 1. The van der Waals surface area contributed by atoms with E-state index in [4.69, 9.17) is 0 Å². The highest BCUT2D eigenvalue weighted by molar-refractivity contribution is 5.87. The van der Waals surface area contributed by atoms with E-state index in [2.05, 4.69) is 5.32 Å². The molecule has 1 aromatic carbocycles. The first kappa shape index (κ1) is 12.4. The number of allylic oxidation sites excluding steroid dienone is 1. The third kappa shape index (κ3) is 4.21. The molecule has 1 N–H and O–H groups in total. The van der Waals surface area contributed by atoms with Gasteiger partial charge in [-0.2, -0.15) is 0 Å². The Morgan fingerprint density at radius 2 is 1.94 bits per heavy atom. The largest absolute Gasteiger partial charge is 0.352 e. The lowest BCUT2D eigenvalue weighted by Gasteiger charge is -2.03. The molecule has 0 unspecified atom stereocenters. The number of carbonyl (C=O) groups excluding carboxylic acids is 1. The summed E-state index contributed by atoms with van der Waals surface area (Å²) in [4.78, 5) is 11.0. The monoisotopic (exact) mass is 225 g/mol. The Balaban J connectivity index is 2.46. The molecule has 0 aromatic heterocycles. The van der Waals surface area contributed by atoms with E-state index in [1.54, 1.807) is 13.0 Å². The van der Waals surface area contributed by atoms with Crippen molar-refractivity contribution in [2.75, 3.05) is 6.54 Å². The van der Waals surface area contributed by atoms with Crippen LogP contribution in [0.5, 0.6) is 0 Å². The van der Waals surface area contributed by atoms with E-state index in [0.717, 1.165) is 6.07 Å². The molecule has 4 heteroatoms. The third-order valence-electron chi connectivity index (χ3n) is 1.95. The minimum absolute atomic E-state index is 0.209. The van der Waals surface area contributed by atoms with E-state index < -0.39 is 11.6 Å². The van der Waals surface area contributed by atoms with Crippen molar-refractivity contribution in [1.29, 1.82) is 0 Å². The molecule has 2 nitrogen and oxygen atoms in total. The quantitative estimate of drug-likeness (QED) is 0.782. The smallest absolute Gasteiger partial charge is 0.243 e. The Morgan fingerprint density at radius 1 is 1.31 bits per heavy atom. The summed E-state index contributed by atoms with van der Waals surface area (Å²) in [6.07, 6.45) is 3.42. The van der Waals surface area contributed by atoms with Gasteiger partial charge in [-0.25, -0.2) is 8.78 Å². The lowest BCUT2D eigenvalue weighted by Crippen LogP contribution is -2.23. The van der Waals surface area contributed by atoms with Gasteiger partial charge in [0.25, 0.3) is 0 Å². The maximum absolute atomic E-state index is 12.8. The number of carbonyl (C=O) groups is 1. The van der Waals surface area contributed by atoms with Crippen molar-refractivity contribution in [1.82, 2.24) is 5.32 Å². The Kier molecular flexibility index (Phi) is 4.64. The van der Waals surface area contributed by atoms with E-state index in [1.165, 1.54) is 18.2 Å². The highest BCUT2D eigenvalue weighted by Crippen LogP contribution is 2.07. The van der Waals surface area contributed by atoms with Gasteiger partial charge < -0.3 is 5.32 Å².